The van der Waals surface area contributed by atoms with Crippen molar-refractivity contribution in [1.29, 1.82) is 0 Å². The van der Waals surface area contributed by atoms with Gasteiger partial charge in [-0.1, -0.05) is 12.1 Å². The Bertz CT molecular complexity index is 566. The second kappa shape index (κ2) is 4.40. The molecule has 0 amide bonds. The van der Waals surface area contributed by atoms with Crippen LogP contribution in [0.15, 0.2) is 24.4 Å². The molecule has 17 heavy (non-hydrogen) atoms. The zero-order chi connectivity index (χ0) is 12.4. The molecule has 2 aromatic rings. The molecule has 1 aromatic carbocycles. The zero-order valence-corrected chi connectivity index (χ0v) is 9.02. The van der Waals surface area contributed by atoms with Crippen LogP contribution in [0.2, 0.25) is 0 Å². The number of carbonyl (C=O) groups is 1. The molecule has 0 N–H and O–H groups in total. The Kier molecular flexibility index (Phi) is 2.95. The highest BCUT2D eigenvalue weighted by molar-refractivity contribution is 5.78. The summed E-state index contributed by atoms with van der Waals surface area (Å²) in [7, 11) is 0. The molecular weight excluding hydrogens is 228 g/mol. The van der Waals surface area contributed by atoms with E-state index in [9.17, 15) is 13.6 Å². The van der Waals surface area contributed by atoms with Crippen molar-refractivity contribution in [2.24, 2.45) is 0 Å². The molecule has 0 atom stereocenters. The van der Waals surface area contributed by atoms with E-state index in [1.165, 1.54) is 12.3 Å². The van der Waals surface area contributed by atoms with E-state index in [-0.39, 0.29) is 23.6 Å². The van der Waals surface area contributed by atoms with E-state index in [1.807, 2.05) is 0 Å². The maximum atomic E-state index is 13.4. The quantitative estimate of drug-likeness (QED) is 0.805. The number of nitrogens with zero attached hydrogens (tertiary/aromatic N) is 3. The summed E-state index contributed by atoms with van der Waals surface area (Å²) >= 11 is 0. The molecule has 0 saturated heterocycles. The fraction of sp³-hybridized carbons (Fsp3) is 0.182. The van der Waals surface area contributed by atoms with Gasteiger partial charge >= 0.3 is 0 Å². The van der Waals surface area contributed by atoms with Crippen LogP contribution in [0.1, 0.15) is 18.1 Å². The minimum atomic E-state index is -0.735. The highest BCUT2D eigenvalue weighted by Gasteiger charge is 2.12. The minimum absolute atomic E-state index is 0.113. The first-order valence-corrected chi connectivity index (χ1v) is 5.02. The Hall–Kier alpha value is -2.11. The number of halogens is 2. The SMILES string of the molecule is CCC(=O)n1cc(-c2ccc(F)cc2F)nn1. The lowest BCUT2D eigenvalue weighted by Gasteiger charge is -1.97. The fourth-order valence-electron chi connectivity index (χ4n) is 1.37. The molecular formula is C11H9F2N3O. The summed E-state index contributed by atoms with van der Waals surface area (Å²) < 4.78 is 27.2. The van der Waals surface area contributed by atoms with Crippen LogP contribution in [-0.4, -0.2) is 20.9 Å². The minimum Gasteiger partial charge on any atom is -0.273 e. The van der Waals surface area contributed by atoms with Crippen molar-refractivity contribution < 1.29 is 13.6 Å². The molecule has 0 unspecified atom stereocenters. The molecule has 0 aliphatic rings. The van der Waals surface area contributed by atoms with E-state index in [1.54, 1.807) is 6.92 Å². The lowest BCUT2D eigenvalue weighted by atomic mass is 10.1. The predicted molar refractivity (Wildman–Crippen MR) is 56.3 cm³/mol. The van der Waals surface area contributed by atoms with Crippen molar-refractivity contribution in [3.63, 3.8) is 0 Å². The molecule has 0 bridgehead atoms. The van der Waals surface area contributed by atoms with Gasteiger partial charge < -0.3 is 0 Å². The first kappa shape index (κ1) is 11.4. The molecule has 1 heterocycles. The van der Waals surface area contributed by atoms with Gasteiger partial charge in [0.1, 0.15) is 17.3 Å². The molecule has 1 aromatic heterocycles. The van der Waals surface area contributed by atoms with Gasteiger partial charge in [-0.05, 0) is 12.1 Å². The summed E-state index contributed by atoms with van der Waals surface area (Å²) in [6.45, 7) is 1.68. The molecule has 6 heteroatoms. The van der Waals surface area contributed by atoms with Crippen molar-refractivity contribution in [1.82, 2.24) is 15.0 Å². The topological polar surface area (TPSA) is 47.8 Å². The van der Waals surface area contributed by atoms with Crippen molar-refractivity contribution in [3.05, 3.63) is 36.0 Å². The van der Waals surface area contributed by atoms with Crippen LogP contribution in [0.5, 0.6) is 0 Å². The molecule has 0 radical (unpaired) electrons. The molecule has 0 aliphatic heterocycles. The molecule has 0 spiro atoms. The summed E-state index contributed by atoms with van der Waals surface area (Å²) in [5.41, 5.74) is 0.311. The van der Waals surface area contributed by atoms with Crippen LogP contribution in [-0.2, 0) is 0 Å². The monoisotopic (exact) mass is 237 g/mol. The summed E-state index contributed by atoms with van der Waals surface area (Å²) in [4.78, 5) is 11.3. The Balaban J connectivity index is 2.40. The van der Waals surface area contributed by atoms with Gasteiger partial charge in [-0.15, -0.1) is 5.10 Å². The van der Waals surface area contributed by atoms with E-state index in [0.717, 1.165) is 16.8 Å². The van der Waals surface area contributed by atoms with Gasteiger partial charge in [-0.25, -0.2) is 8.78 Å². The second-order valence-electron chi connectivity index (χ2n) is 3.42. The van der Waals surface area contributed by atoms with E-state index in [0.29, 0.717) is 0 Å². The Morgan fingerprint density at radius 1 is 1.41 bits per heavy atom. The highest BCUT2D eigenvalue weighted by atomic mass is 19.1. The molecule has 0 aliphatic carbocycles. The highest BCUT2D eigenvalue weighted by Crippen LogP contribution is 2.20. The normalized spacial score (nSPS) is 10.5. The van der Waals surface area contributed by atoms with Crippen molar-refractivity contribution >= 4 is 5.91 Å². The van der Waals surface area contributed by atoms with Gasteiger partial charge in [0.2, 0.25) is 5.91 Å². The number of benzene rings is 1. The smallest absolute Gasteiger partial charge is 0.248 e. The predicted octanol–water partition coefficient (Wildman–Crippen LogP) is 2.27. The van der Waals surface area contributed by atoms with E-state index in [4.69, 9.17) is 0 Å². The average molecular weight is 237 g/mol. The van der Waals surface area contributed by atoms with Gasteiger partial charge in [0.25, 0.3) is 0 Å². The number of carbonyl (C=O) groups excluding carboxylic acids is 1. The lowest BCUT2D eigenvalue weighted by molar-refractivity contribution is 0.0890. The van der Waals surface area contributed by atoms with Gasteiger partial charge in [0.15, 0.2) is 0 Å². The van der Waals surface area contributed by atoms with Crippen LogP contribution < -0.4 is 0 Å². The summed E-state index contributed by atoms with van der Waals surface area (Å²) in [5, 5.41) is 7.26. The van der Waals surface area contributed by atoms with Gasteiger partial charge in [0, 0.05) is 18.1 Å². The van der Waals surface area contributed by atoms with Crippen LogP contribution in [0.4, 0.5) is 8.78 Å². The largest absolute Gasteiger partial charge is 0.273 e. The second-order valence-corrected chi connectivity index (χ2v) is 3.42. The van der Waals surface area contributed by atoms with Gasteiger partial charge in [-0.3, -0.25) is 4.79 Å². The third-order valence-electron chi connectivity index (χ3n) is 2.26. The Morgan fingerprint density at radius 3 is 2.82 bits per heavy atom. The molecule has 0 saturated carbocycles. The molecule has 2 rings (SSSR count). The summed E-state index contributed by atoms with van der Waals surface area (Å²) in [5.74, 6) is -1.64. The molecule has 88 valence electrons. The van der Waals surface area contributed by atoms with Crippen LogP contribution in [0, 0.1) is 11.6 Å². The van der Waals surface area contributed by atoms with Crippen molar-refractivity contribution in [2.75, 3.05) is 0 Å². The molecule has 4 nitrogen and oxygen atoms in total. The average Bonchev–Trinajstić information content (AvgIpc) is 2.77. The Labute approximate surface area is 95.9 Å². The summed E-state index contributed by atoms with van der Waals surface area (Å²) in [6.07, 6.45) is 1.59. The number of hydrogen-bond acceptors (Lipinski definition) is 3. The van der Waals surface area contributed by atoms with Crippen LogP contribution >= 0.6 is 0 Å². The summed E-state index contributed by atoms with van der Waals surface area (Å²) in [6, 6.07) is 3.14. The maximum absolute atomic E-state index is 13.4. The fourth-order valence-corrected chi connectivity index (χ4v) is 1.37. The number of hydrogen-bond donors (Lipinski definition) is 0. The third kappa shape index (κ3) is 2.20. The van der Waals surface area contributed by atoms with Crippen molar-refractivity contribution in [3.8, 4) is 11.3 Å². The van der Waals surface area contributed by atoms with E-state index < -0.39 is 11.6 Å². The van der Waals surface area contributed by atoms with Gasteiger partial charge in [-0.2, -0.15) is 4.68 Å². The maximum Gasteiger partial charge on any atom is 0.248 e. The first-order valence-electron chi connectivity index (χ1n) is 5.02. The lowest BCUT2D eigenvalue weighted by Crippen LogP contribution is -2.09. The van der Waals surface area contributed by atoms with Gasteiger partial charge in [0.05, 0.1) is 6.20 Å². The van der Waals surface area contributed by atoms with Crippen molar-refractivity contribution in [2.45, 2.75) is 13.3 Å². The van der Waals surface area contributed by atoms with Crippen LogP contribution in [0.25, 0.3) is 11.3 Å². The van der Waals surface area contributed by atoms with Crippen LogP contribution in [0.3, 0.4) is 0 Å². The third-order valence-corrected chi connectivity index (χ3v) is 2.26. The zero-order valence-electron chi connectivity index (χ0n) is 9.02. The number of aromatic nitrogens is 3. The van der Waals surface area contributed by atoms with E-state index >= 15 is 0 Å². The first-order chi connectivity index (χ1) is 8.11. The molecule has 0 fully saturated rings. The Morgan fingerprint density at radius 2 is 2.18 bits per heavy atom. The standard InChI is InChI=1S/C11H9F2N3O/c1-2-11(17)16-6-10(14-15-16)8-4-3-7(12)5-9(8)13/h3-6H,2H2,1H3. The van der Waals surface area contributed by atoms with E-state index in [2.05, 4.69) is 10.3 Å². The number of rotatable bonds is 2.